The molecule has 0 amide bonds. The van der Waals surface area contributed by atoms with Crippen LogP contribution in [0.15, 0.2) is 48.7 Å². The number of hydrogen-bond donors (Lipinski definition) is 0. The summed E-state index contributed by atoms with van der Waals surface area (Å²) in [5, 5.41) is 8.76. The van der Waals surface area contributed by atoms with Gasteiger partial charge in [-0.3, -0.25) is 0 Å². The van der Waals surface area contributed by atoms with Crippen molar-refractivity contribution in [2.24, 2.45) is 0 Å². The maximum atomic E-state index is 8.76. The number of anilines is 2. The summed E-state index contributed by atoms with van der Waals surface area (Å²) >= 11 is 0. The third kappa shape index (κ3) is 2.86. The lowest BCUT2D eigenvalue weighted by Gasteiger charge is -2.22. The van der Waals surface area contributed by atoms with Crippen LogP contribution in [-0.2, 0) is 0 Å². The first-order chi connectivity index (χ1) is 8.81. The van der Waals surface area contributed by atoms with Gasteiger partial charge < -0.3 is 4.90 Å². The number of nitriles is 1. The zero-order chi connectivity index (χ0) is 12.8. The molecule has 0 fully saturated rings. The number of rotatable bonds is 4. The zero-order valence-corrected chi connectivity index (χ0v) is 10.4. The van der Waals surface area contributed by atoms with Crippen molar-refractivity contribution in [3.05, 3.63) is 54.2 Å². The fourth-order valence-corrected chi connectivity index (χ4v) is 1.77. The van der Waals surface area contributed by atoms with Gasteiger partial charge in [0.05, 0.1) is 12.5 Å². The highest BCUT2D eigenvalue weighted by atomic mass is 15.2. The highest BCUT2D eigenvalue weighted by Crippen LogP contribution is 2.23. The van der Waals surface area contributed by atoms with Crippen LogP contribution in [0.3, 0.4) is 0 Å². The lowest BCUT2D eigenvalue weighted by Crippen LogP contribution is -2.19. The zero-order valence-electron chi connectivity index (χ0n) is 10.4. The van der Waals surface area contributed by atoms with E-state index in [9.17, 15) is 0 Å². The van der Waals surface area contributed by atoms with Gasteiger partial charge in [0.1, 0.15) is 5.82 Å². The van der Waals surface area contributed by atoms with Crippen molar-refractivity contribution in [3.8, 4) is 6.07 Å². The second-order valence-electron chi connectivity index (χ2n) is 4.09. The summed E-state index contributed by atoms with van der Waals surface area (Å²) in [5.41, 5.74) is 2.19. The fraction of sp³-hybridized carbons (Fsp3) is 0.200. The molecular formula is C15H15N3. The summed E-state index contributed by atoms with van der Waals surface area (Å²) in [6.07, 6.45) is 2.32. The van der Waals surface area contributed by atoms with Crippen molar-refractivity contribution in [3.63, 3.8) is 0 Å². The van der Waals surface area contributed by atoms with Crippen LogP contribution in [0.5, 0.6) is 0 Å². The predicted molar refractivity (Wildman–Crippen MR) is 72.7 cm³/mol. The molecule has 1 heterocycles. The summed E-state index contributed by atoms with van der Waals surface area (Å²) in [7, 11) is 0. The molecule has 90 valence electrons. The van der Waals surface area contributed by atoms with Crippen LogP contribution in [0, 0.1) is 18.3 Å². The van der Waals surface area contributed by atoms with Crippen LogP contribution < -0.4 is 4.90 Å². The van der Waals surface area contributed by atoms with Crippen molar-refractivity contribution < 1.29 is 0 Å². The van der Waals surface area contributed by atoms with Gasteiger partial charge in [-0.05, 0) is 30.7 Å². The normalized spacial score (nSPS) is 9.78. The summed E-state index contributed by atoms with van der Waals surface area (Å²) in [6, 6.07) is 16.2. The maximum absolute atomic E-state index is 8.76. The van der Waals surface area contributed by atoms with E-state index < -0.39 is 0 Å². The molecule has 0 radical (unpaired) electrons. The van der Waals surface area contributed by atoms with Crippen LogP contribution in [-0.4, -0.2) is 11.5 Å². The molecule has 2 aromatic rings. The lowest BCUT2D eigenvalue weighted by molar-refractivity contribution is 0.925. The van der Waals surface area contributed by atoms with Gasteiger partial charge in [-0.15, -0.1) is 0 Å². The Labute approximate surface area is 107 Å². The summed E-state index contributed by atoms with van der Waals surface area (Å²) in [4.78, 5) is 6.48. The van der Waals surface area contributed by atoms with E-state index in [1.807, 2.05) is 55.6 Å². The molecule has 1 aromatic carbocycles. The second-order valence-corrected chi connectivity index (χ2v) is 4.09. The Hall–Kier alpha value is -2.34. The van der Waals surface area contributed by atoms with Crippen LogP contribution in [0.2, 0.25) is 0 Å². The molecule has 3 nitrogen and oxygen atoms in total. The van der Waals surface area contributed by atoms with E-state index in [-0.39, 0.29) is 0 Å². The summed E-state index contributed by atoms with van der Waals surface area (Å²) in [6.45, 7) is 2.66. The van der Waals surface area contributed by atoms with E-state index in [1.54, 1.807) is 0 Å². The van der Waals surface area contributed by atoms with Crippen molar-refractivity contribution in [2.75, 3.05) is 11.4 Å². The van der Waals surface area contributed by atoms with Crippen LogP contribution >= 0.6 is 0 Å². The van der Waals surface area contributed by atoms with Crippen molar-refractivity contribution >= 4 is 11.5 Å². The van der Waals surface area contributed by atoms with Crippen molar-refractivity contribution in [1.82, 2.24) is 4.98 Å². The molecular weight excluding hydrogens is 222 g/mol. The van der Waals surface area contributed by atoms with Gasteiger partial charge in [0.2, 0.25) is 0 Å². The molecule has 2 rings (SSSR count). The van der Waals surface area contributed by atoms with Gasteiger partial charge in [0.15, 0.2) is 0 Å². The Morgan fingerprint density at radius 3 is 2.56 bits per heavy atom. The van der Waals surface area contributed by atoms with Gasteiger partial charge in [0.25, 0.3) is 0 Å². The molecule has 0 bridgehead atoms. The SMILES string of the molecule is Cc1ccc(N(CCC#N)c2ccccc2)nc1. The van der Waals surface area contributed by atoms with Crippen molar-refractivity contribution in [2.45, 2.75) is 13.3 Å². The molecule has 0 aliphatic rings. The van der Waals surface area contributed by atoms with E-state index in [0.29, 0.717) is 13.0 Å². The summed E-state index contributed by atoms with van der Waals surface area (Å²) in [5.74, 6) is 0.877. The molecule has 0 unspecified atom stereocenters. The number of hydrogen-bond acceptors (Lipinski definition) is 3. The molecule has 0 saturated carbocycles. The Morgan fingerprint density at radius 1 is 1.17 bits per heavy atom. The van der Waals surface area contributed by atoms with Gasteiger partial charge >= 0.3 is 0 Å². The number of nitrogens with zero attached hydrogens (tertiary/aromatic N) is 3. The predicted octanol–water partition coefficient (Wildman–Crippen LogP) is 3.44. The average Bonchev–Trinajstić information content (AvgIpc) is 2.42. The van der Waals surface area contributed by atoms with Crippen LogP contribution in [0.1, 0.15) is 12.0 Å². The first-order valence-corrected chi connectivity index (χ1v) is 5.93. The minimum Gasteiger partial charge on any atom is -0.325 e. The minimum atomic E-state index is 0.477. The molecule has 0 spiro atoms. The first-order valence-electron chi connectivity index (χ1n) is 5.93. The lowest BCUT2D eigenvalue weighted by atomic mass is 10.2. The average molecular weight is 237 g/mol. The van der Waals surface area contributed by atoms with Gasteiger partial charge in [-0.25, -0.2) is 4.98 Å². The Morgan fingerprint density at radius 2 is 1.94 bits per heavy atom. The van der Waals surface area contributed by atoms with Gasteiger partial charge in [-0.2, -0.15) is 5.26 Å². The molecule has 18 heavy (non-hydrogen) atoms. The first kappa shape index (κ1) is 12.1. The highest BCUT2D eigenvalue weighted by molar-refractivity contribution is 5.59. The Kier molecular flexibility index (Phi) is 3.93. The van der Waals surface area contributed by atoms with E-state index in [2.05, 4.69) is 16.0 Å². The summed E-state index contributed by atoms with van der Waals surface area (Å²) < 4.78 is 0. The standard InChI is InChI=1S/C15H15N3/c1-13-8-9-15(17-12-13)18(11-5-10-16)14-6-3-2-4-7-14/h2-4,6-9,12H,5,11H2,1H3. The van der Waals surface area contributed by atoms with E-state index >= 15 is 0 Å². The fourth-order valence-electron chi connectivity index (χ4n) is 1.77. The van der Waals surface area contributed by atoms with E-state index in [0.717, 1.165) is 17.1 Å². The van der Waals surface area contributed by atoms with Crippen molar-refractivity contribution in [1.29, 1.82) is 5.26 Å². The number of pyridine rings is 1. The van der Waals surface area contributed by atoms with Gasteiger partial charge in [0, 0.05) is 18.4 Å². The molecule has 1 aromatic heterocycles. The third-order valence-corrected chi connectivity index (χ3v) is 2.69. The Balaban J connectivity index is 2.31. The largest absolute Gasteiger partial charge is 0.325 e. The number of benzene rings is 1. The number of aryl methyl sites for hydroxylation is 1. The number of para-hydroxylation sites is 1. The highest BCUT2D eigenvalue weighted by Gasteiger charge is 2.09. The minimum absolute atomic E-state index is 0.477. The molecule has 0 aliphatic carbocycles. The molecule has 3 heteroatoms. The molecule has 0 N–H and O–H groups in total. The molecule has 0 atom stereocenters. The Bertz CT molecular complexity index is 526. The smallest absolute Gasteiger partial charge is 0.132 e. The number of aromatic nitrogens is 1. The third-order valence-electron chi connectivity index (χ3n) is 2.69. The molecule has 0 saturated heterocycles. The van der Waals surface area contributed by atoms with Crippen LogP contribution in [0.25, 0.3) is 0 Å². The monoisotopic (exact) mass is 237 g/mol. The van der Waals surface area contributed by atoms with Gasteiger partial charge in [-0.1, -0.05) is 24.3 Å². The molecule has 0 aliphatic heterocycles. The second kappa shape index (κ2) is 5.83. The van der Waals surface area contributed by atoms with E-state index in [1.165, 1.54) is 0 Å². The van der Waals surface area contributed by atoms with Crippen LogP contribution in [0.4, 0.5) is 11.5 Å². The quantitative estimate of drug-likeness (QED) is 0.817. The topological polar surface area (TPSA) is 39.9 Å². The maximum Gasteiger partial charge on any atom is 0.132 e. The van der Waals surface area contributed by atoms with E-state index in [4.69, 9.17) is 5.26 Å².